The highest BCUT2D eigenvalue weighted by Gasteiger charge is 2.17. The summed E-state index contributed by atoms with van der Waals surface area (Å²) in [5, 5.41) is 6.33. The fraction of sp³-hybridized carbons (Fsp3) is 0.917. The summed E-state index contributed by atoms with van der Waals surface area (Å²) in [6, 6.07) is 0.464. The summed E-state index contributed by atoms with van der Waals surface area (Å²) >= 11 is 0. The molecule has 0 radical (unpaired) electrons. The van der Waals surface area contributed by atoms with E-state index in [4.69, 9.17) is 0 Å². The molecule has 3 unspecified atom stereocenters. The van der Waals surface area contributed by atoms with Crippen molar-refractivity contribution < 1.29 is 9.00 Å². The number of hydrogen-bond donors (Lipinski definition) is 2. The van der Waals surface area contributed by atoms with Gasteiger partial charge in [-0.25, -0.2) is 0 Å². The second kappa shape index (κ2) is 7.82. The Bertz CT molecular complexity index is 265. The lowest BCUT2D eigenvalue weighted by molar-refractivity contribution is -0.122. The summed E-state index contributed by atoms with van der Waals surface area (Å²) in [5.41, 5.74) is 0. The lowest BCUT2D eigenvalue weighted by Gasteiger charge is -2.23. The Morgan fingerprint density at radius 3 is 2.88 bits per heavy atom. The van der Waals surface area contributed by atoms with Crippen LogP contribution in [0, 0.1) is 0 Å². The minimum absolute atomic E-state index is 0.110. The van der Waals surface area contributed by atoms with Gasteiger partial charge in [-0.1, -0.05) is 6.42 Å². The van der Waals surface area contributed by atoms with Crippen LogP contribution in [0.5, 0.6) is 0 Å². The zero-order valence-corrected chi connectivity index (χ0v) is 11.6. The minimum Gasteiger partial charge on any atom is -0.354 e. The van der Waals surface area contributed by atoms with Crippen molar-refractivity contribution >= 4 is 16.7 Å². The molecular formula is C12H24N2O2S. The van der Waals surface area contributed by atoms with Crippen LogP contribution in [-0.4, -0.2) is 40.8 Å². The van der Waals surface area contributed by atoms with Crippen LogP contribution in [0.15, 0.2) is 0 Å². The second-order valence-electron chi connectivity index (χ2n) is 4.89. The van der Waals surface area contributed by atoms with Crippen LogP contribution in [-0.2, 0) is 15.6 Å². The van der Waals surface area contributed by atoms with Crippen molar-refractivity contribution in [2.45, 2.75) is 51.1 Å². The standard InChI is InChI=1S/C12H24N2O2S/c1-10(6-8-17(2)16)14-12(15)9-11-5-3-4-7-13-11/h10-11,13H,3-9H2,1-2H3,(H,14,15). The van der Waals surface area contributed by atoms with Crippen LogP contribution in [0.2, 0.25) is 0 Å². The van der Waals surface area contributed by atoms with Gasteiger partial charge in [-0.15, -0.1) is 0 Å². The van der Waals surface area contributed by atoms with Crippen LogP contribution in [0.1, 0.15) is 39.0 Å². The number of amides is 1. The first-order valence-corrected chi connectivity index (χ1v) is 8.13. The molecule has 0 aliphatic carbocycles. The molecule has 1 aliphatic rings. The molecule has 1 rings (SSSR count). The molecule has 0 saturated carbocycles. The maximum absolute atomic E-state index is 11.7. The summed E-state index contributed by atoms with van der Waals surface area (Å²) < 4.78 is 10.9. The molecular weight excluding hydrogens is 236 g/mol. The van der Waals surface area contributed by atoms with Crippen molar-refractivity contribution in [3.05, 3.63) is 0 Å². The first kappa shape index (κ1) is 14.6. The van der Waals surface area contributed by atoms with E-state index in [1.807, 2.05) is 6.92 Å². The molecule has 17 heavy (non-hydrogen) atoms. The average Bonchev–Trinajstić information content (AvgIpc) is 2.27. The van der Waals surface area contributed by atoms with E-state index in [1.54, 1.807) is 6.26 Å². The molecule has 1 heterocycles. The van der Waals surface area contributed by atoms with Crippen LogP contribution < -0.4 is 10.6 Å². The summed E-state index contributed by atoms with van der Waals surface area (Å²) in [4.78, 5) is 11.7. The van der Waals surface area contributed by atoms with Crippen molar-refractivity contribution in [3.8, 4) is 0 Å². The molecule has 3 atom stereocenters. The Hall–Kier alpha value is -0.420. The van der Waals surface area contributed by atoms with Crippen molar-refractivity contribution in [1.82, 2.24) is 10.6 Å². The predicted molar refractivity (Wildman–Crippen MR) is 71.4 cm³/mol. The van der Waals surface area contributed by atoms with Gasteiger partial charge in [0.1, 0.15) is 0 Å². The van der Waals surface area contributed by atoms with Gasteiger partial charge in [0.2, 0.25) is 5.91 Å². The first-order chi connectivity index (χ1) is 8.08. The normalized spacial score (nSPS) is 24.0. The molecule has 0 aromatic rings. The first-order valence-electron chi connectivity index (χ1n) is 6.40. The minimum atomic E-state index is -0.771. The molecule has 1 aliphatic heterocycles. The highest BCUT2D eigenvalue weighted by atomic mass is 32.2. The zero-order valence-electron chi connectivity index (χ0n) is 10.8. The maximum atomic E-state index is 11.7. The zero-order chi connectivity index (χ0) is 12.7. The lowest BCUT2D eigenvalue weighted by Crippen LogP contribution is -2.41. The smallest absolute Gasteiger partial charge is 0.221 e. The largest absolute Gasteiger partial charge is 0.354 e. The fourth-order valence-electron chi connectivity index (χ4n) is 2.07. The van der Waals surface area contributed by atoms with Gasteiger partial charge in [0.15, 0.2) is 0 Å². The van der Waals surface area contributed by atoms with Gasteiger partial charge in [-0.2, -0.15) is 0 Å². The third-order valence-electron chi connectivity index (χ3n) is 3.09. The van der Waals surface area contributed by atoms with E-state index in [1.165, 1.54) is 12.8 Å². The topological polar surface area (TPSA) is 58.2 Å². The lowest BCUT2D eigenvalue weighted by atomic mass is 10.0. The Morgan fingerprint density at radius 1 is 1.53 bits per heavy atom. The number of carbonyl (C=O) groups excluding carboxylic acids is 1. The van der Waals surface area contributed by atoms with E-state index in [0.29, 0.717) is 18.2 Å². The molecule has 0 spiro atoms. The van der Waals surface area contributed by atoms with Gasteiger partial charge in [0.05, 0.1) is 0 Å². The van der Waals surface area contributed by atoms with Crippen LogP contribution in [0.3, 0.4) is 0 Å². The third kappa shape index (κ3) is 6.78. The van der Waals surface area contributed by atoms with Crippen molar-refractivity contribution in [3.63, 3.8) is 0 Å². The molecule has 0 aromatic carbocycles. The fourth-order valence-corrected chi connectivity index (χ4v) is 2.76. The molecule has 0 aromatic heterocycles. The van der Waals surface area contributed by atoms with Gasteiger partial charge in [-0.05, 0) is 32.7 Å². The van der Waals surface area contributed by atoms with Crippen molar-refractivity contribution in [2.75, 3.05) is 18.6 Å². The van der Waals surface area contributed by atoms with E-state index >= 15 is 0 Å². The third-order valence-corrected chi connectivity index (χ3v) is 3.90. The van der Waals surface area contributed by atoms with Gasteiger partial charge < -0.3 is 10.6 Å². The van der Waals surface area contributed by atoms with E-state index < -0.39 is 10.8 Å². The summed E-state index contributed by atoms with van der Waals surface area (Å²) in [5.74, 6) is 0.766. The SMILES string of the molecule is CC(CCS(C)=O)NC(=O)CC1CCCCN1. The quantitative estimate of drug-likeness (QED) is 0.742. The Balaban J connectivity index is 2.16. The van der Waals surface area contributed by atoms with Gasteiger partial charge in [0, 0.05) is 41.3 Å². The van der Waals surface area contributed by atoms with Crippen LogP contribution in [0.25, 0.3) is 0 Å². The molecule has 100 valence electrons. The van der Waals surface area contributed by atoms with E-state index in [-0.39, 0.29) is 11.9 Å². The molecule has 5 heteroatoms. The number of nitrogens with one attached hydrogen (secondary N) is 2. The van der Waals surface area contributed by atoms with Crippen LogP contribution >= 0.6 is 0 Å². The Labute approximate surface area is 106 Å². The molecule has 0 bridgehead atoms. The summed E-state index contributed by atoms with van der Waals surface area (Å²) in [6.45, 7) is 3.00. The van der Waals surface area contributed by atoms with Gasteiger partial charge in [0.25, 0.3) is 0 Å². The Morgan fingerprint density at radius 2 is 2.29 bits per heavy atom. The summed E-state index contributed by atoms with van der Waals surface area (Å²) in [7, 11) is -0.771. The van der Waals surface area contributed by atoms with Crippen molar-refractivity contribution in [2.24, 2.45) is 0 Å². The van der Waals surface area contributed by atoms with Crippen LogP contribution in [0.4, 0.5) is 0 Å². The van der Waals surface area contributed by atoms with Gasteiger partial charge in [-0.3, -0.25) is 9.00 Å². The molecule has 1 saturated heterocycles. The molecule has 2 N–H and O–H groups in total. The molecule has 1 fully saturated rings. The molecule has 1 amide bonds. The molecule has 4 nitrogen and oxygen atoms in total. The van der Waals surface area contributed by atoms with Gasteiger partial charge >= 0.3 is 0 Å². The van der Waals surface area contributed by atoms with E-state index in [9.17, 15) is 9.00 Å². The second-order valence-corrected chi connectivity index (χ2v) is 6.44. The number of carbonyl (C=O) groups is 1. The van der Waals surface area contributed by atoms with E-state index in [2.05, 4.69) is 10.6 Å². The number of rotatable bonds is 6. The summed E-state index contributed by atoms with van der Waals surface area (Å²) in [6.07, 6.45) is 6.58. The maximum Gasteiger partial charge on any atom is 0.221 e. The average molecular weight is 260 g/mol. The Kier molecular flexibility index (Phi) is 6.73. The highest BCUT2D eigenvalue weighted by Crippen LogP contribution is 2.10. The van der Waals surface area contributed by atoms with E-state index in [0.717, 1.165) is 19.4 Å². The number of piperidine rings is 1. The number of hydrogen-bond acceptors (Lipinski definition) is 3. The predicted octanol–water partition coefficient (Wildman–Crippen LogP) is 0.792. The monoisotopic (exact) mass is 260 g/mol. The van der Waals surface area contributed by atoms with Crippen molar-refractivity contribution in [1.29, 1.82) is 0 Å². The highest BCUT2D eigenvalue weighted by molar-refractivity contribution is 7.84.